The average molecular weight is 316 g/mol. The smallest absolute Gasteiger partial charge is 0.0815 e. The van der Waals surface area contributed by atoms with E-state index in [2.05, 4.69) is 41.9 Å². The van der Waals surface area contributed by atoms with Gasteiger partial charge in [0, 0.05) is 32.2 Å². The molecule has 0 N–H and O–H groups in total. The molecule has 1 aliphatic heterocycles. The SMILES string of the molecule is COC[C@@]12CN(Cc3cccc4ncsc34)C[C@@H]1C(C)(C)C2. The molecule has 4 rings (SSSR count). The van der Waals surface area contributed by atoms with Crippen molar-refractivity contribution in [3.8, 4) is 0 Å². The molecule has 2 aromatic rings. The molecule has 2 atom stereocenters. The minimum absolute atomic E-state index is 0.389. The molecule has 1 saturated carbocycles. The Morgan fingerprint density at radius 2 is 2.27 bits per heavy atom. The molecule has 1 aromatic heterocycles. The van der Waals surface area contributed by atoms with E-state index in [-0.39, 0.29) is 0 Å². The van der Waals surface area contributed by atoms with Gasteiger partial charge in [-0.05, 0) is 29.4 Å². The number of rotatable bonds is 4. The number of aromatic nitrogens is 1. The first kappa shape index (κ1) is 14.6. The molecular formula is C18H24N2OS. The molecule has 0 amide bonds. The van der Waals surface area contributed by atoms with Crippen LogP contribution in [0.25, 0.3) is 10.2 Å². The second kappa shape index (κ2) is 5.02. The summed E-state index contributed by atoms with van der Waals surface area (Å²) in [4.78, 5) is 7.07. The molecule has 0 radical (unpaired) electrons. The van der Waals surface area contributed by atoms with Crippen molar-refractivity contribution in [3.63, 3.8) is 0 Å². The number of nitrogens with zero attached hydrogens (tertiary/aromatic N) is 2. The highest BCUT2D eigenvalue weighted by Gasteiger charge is 2.62. The van der Waals surface area contributed by atoms with Crippen LogP contribution in [-0.2, 0) is 11.3 Å². The van der Waals surface area contributed by atoms with Gasteiger partial charge in [-0.25, -0.2) is 4.98 Å². The van der Waals surface area contributed by atoms with Crippen molar-refractivity contribution in [3.05, 3.63) is 29.3 Å². The lowest BCUT2D eigenvalue weighted by atomic mass is 9.48. The Balaban J connectivity index is 1.57. The minimum Gasteiger partial charge on any atom is -0.384 e. The first-order chi connectivity index (χ1) is 10.5. The van der Waals surface area contributed by atoms with Gasteiger partial charge in [-0.1, -0.05) is 26.0 Å². The van der Waals surface area contributed by atoms with Crippen LogP contribution in [0.2, 0.25) is 0 Å². The molecule has 1 saturated heterocycles. The lowest BCUT2D eigenvalue weighted by Crippen LogP contribution is -2.55. The van der Waals surface area contributed by atoms with Crippen molar-refractivity contribution in [1.29, 1.82) is 0 Å². The van der Waals surface area contributed by atoms with E-state index >= 15 is 0 Å². The van der Waals surface area contributed by atoms with Crippen LogP contribution < -0.4 is 0 Å². The molecule has 118 valence electrons. The Morgan fingerprint density at radius 1 is 1.41 bits per heavy atom. The fraction of sp³-hybridized carbons (Fsp3) is 0.611. The number of ether oxygens (including phenoxy) is 1. The lowest BCUT2D eigenvalue weighted by Gasteiger charge is -2.56. The molecule has 2 fully saturated rings. The van der Waals surface area contributed by atoms with E-state index in [1.807, 2.05) is 12.6 Å². The van der Waals surface area contributed by atoms with E-state index in [0.29, 0.717) is 10.8 Å². The second-order valence-electron chi connectivity index (χ2n) is 7.80. The maximum Gasteiger partial charge on any atom is 0.0815 e. The maximum atomic E-state index is 5.57. The molecule has 4 heteroatoms. The molecule has 1 aliphatic carbocycles. The van der Waals surface area contributed by atoms with Crippen molar-refractivity contribution in [2.75, 3.05) is 26.8 Å². The lowest BCUT2D eigenvalue weighted by molar-refractivity contribution is -0.107. The summed E-state index contributed by atoms with van der Waals surface area (Å²) in [7, 11) is 1.85. The van der Waals surface area contributed by atoms with Crippen LogP contribution in [0, 0.1) is 16.7 Å². The summed E-state index contributed by atoms with van der Waals surface area (Å²) < 4.78 is 6.91. The van der Waals surface area contributed by atoms with Gasteiger partial charge in [0.2, 0.25) is 0 Å². The van der Waals surface area contributed by atoms with E-state index in [9.17, 15) is 0 Å². The zero-order valence-corrected chi connectivity index (χ0v) is 14.4. The van der Waals surface area contributed by atoms with Gasteiger partial charge >= 0.3 is 0 Å². The van der Waals surface area contributed by atoms with Crippen molar-refractivity contribution in [1.82, 2.24) is 9.88 Å². The largest absolute Gasteiger partial charge is 0.384 e. The third-order valence-corrected chi connectivity index (χ3v) is 6.65. The number of methoxy groups -OCH3 is 1. The van der Waals surface area contributed by atoms with Gasteiger partial charge in [0.15, 0.2) is 0 Å². The molecule has 22 heavy (non-hydrogen) atoms. The maximum absolute atomic E-state index is 5.57. The van der Waals surface area contributed by atoms with Gasteiger partial charge in [-0.15, -0.1) is 11.3 Å². The Kier molecular flexibility index (Phi) is 3.33. The summed E-state index contributed by atoms with van der Waals surface area (Å²) >= 11 is 1.76. The van der Waals surface area contributed by atoms with E-state index < -0.39 is 0 Å². The number of thiazole rings is 1. The minimum atomic E-state index is 0.389. The monoisotopic (exact) mass is 316 g/mol. The molecule has 2 aliphatic rings. The molecular weight excluding hydrogens is 292 g/mol. The van der Waals surface area contributed by atoms with Gasteiger partial charge < -0.3 is 4.74 Å². The highest BCUT2D eigenvalue weighted by atomic mass is 32.1. The van der Waals surface area contributed by atoms with E-state index in [0.717, 1.165) is 24.6 Å². The van der Waals surface area contributed by atoms with Crippen molar-refractivity contribution >= 4 is 21.6 Å². The third-order valence-electron chi connectivity index (χ3n) is 5.73. The van der Waals surface area contributed by atoms with Crippen LogP contribution in [-0.4, -0.2) is 36.7 Å². The number of likely N-dealkylation sites (tertiary alicyclic amines) is 1. The normalized spacial score (nSPS) is 30.4. The summed E-state index contributed by atoms with van der Waals surface area (Å²) in [6, 6.07) is 6.50. The third kappa shape index (κ3) is 2.12. The Labute approximate surface area is 136 Å². The standard InChI is InChI=1S/C18H24N2OS/c1-17(2)9-18(11-21-3)10-20(8-15(17)18)7-13-5-4-6-14-16(13)22-12-19-14/h4-6,12,15H,7-11H2,1-3H3/t15-,18-/m1/s1. The molecule has 1 aromatic carbocycles. The first-order valence-electron chi connectivity index (χ1n) is 8.06. The van der Waals surface area contributed by atoms with Crippen molar-refractivity contribution in [2.45, 2.75) is 26.8 Å². The first-order valence-corrected chi connectivity index (χ1v) is 8.94. The fourth-order valence-corrected chi connectivity index (χ4v) is 5.94. The Hall–Kier alpha value is -0.970. The zero-order chi connectivity index (χ0) is 15.4. The van der Waals surface area contributed by atoms with Crippen LogP contribution in [0.5, 0.6) is 0 Å². The van der Waals surface area contributed by atoms with E-state index in [4.69, 9.17) is 4.74 Å². The second-order valence-corrected chi connectivity index (χ2v) is 8.66. The summed E-state index contributed by atoms with van der Waals surface area (Å²) in [5, 5.41) is 0. The number of hydrogen-bond donors (Lipinski definition) is 0. The van der Waals surface area contributed by atoms with Crippen molar-refractivity contribution in [2.24, 2.45) is 16.7 Å². The molecule has 0 unspecified atom stereocenters. The van der Waals surface area contributed by atoms with Gasteiger partial charge in [0.25, 0.3) is 0 Å². The van der Waals surface area contributed by atoms with Gasteiger partial charge in [0.05, 0.1) is 22.3 Å². The van der Waals surface area contributed by atoms with Crippen LogP contribution in [0.1, 0.15) is 25.8 Å². The molecule has 0 spiro atoms. The number of hydrogen-bond acceptors (Lipinski definition) is 4. The topological polar surface area (TPSA) is 25.4 Å². The van der Waals surface area contributed by atoms with Crippen LogP contribution >= 0.6 is 11.3 Å². The zero-order valence-electron chi connectivity index (χ0n) is 13.6. The Bertz CT molecular complexity index is 695. The Morgan fingerprint density at radius 3 is 3.05 bits per heavy atom. The highest BCUT2D eigenvalue weighted by molar-refractivity contribution is 7.16. The van der Waals surface area contributed by atoms with Gasteiger partial charge in [-0.2, -0.15) is 0 Å². The van der Waals surface area contributed by atoms with Crippen LogP contribution in [0.15, 0.2) is 23.7 Å². The quantitative estimate of drug-likeness (QED) is 0.858. The van der Waals surface area contributed by atoms with E-state index in [1.165, 1.54) is 29.8 Å². The molecule has 2 heterocycles. The average Bonchev–Trinajstić information content (AvgIpc) is 3.03. The molecule has 3 nitrogen and oxygen atoms in total. The van der Waals surface area contributed by atoms with Gasteiger partial charge in [0.1, 0.15) is 0 Å². The summed E-state index contributed by atoms with van der Waals surface area (Å²) in [5.41, 5.74) is 5.37. The van der Waals surface area contributed by atoms with Crippen LogP contribution in [0.4, 0.5) is 0 Å². The number of fused-ring (bicyclic) bond motifs is 2. The van der Waals surface area contributed by atoms with E-state index in [1.54, 1.807) is 11.3 Å². The van der Waals surface area contributed by atoms with Gasteiger partial charge in [-0.3, -0.25) is 4.90 Å². The summed E-state index contributed by atoms with van der Waals surface area (Å²) in [5.74, 6) is 0.764. The van der Waals surface area contributed by atoms with Crippen LogP contribution in [0.3, 0.4) is 0 Å². The predicted molar refractivity (Wildman–Crippen MR) is 91.1 cm³/mol. The van der Waals surface area contributed by atoms with Crippen molar-refractivity contribution < 1.29 is 4.74 Å². The predicted octanol–water partition coefficient (Wildman–Crippen LogP) is 3.79. The fourth-order valence-electron chi connectivity index (χ4n) is 5.14. The summed E-state index contributed by atoms with van der Waals surface area (Å²) in [6.45, 7) is 9.15. The molecule has 0 bridgehead atoms. The number of benzene rings is 1. The highest BCUT2D eigenvalue weighted by Crippen LogP contribution is 2.62. The summed E-state index contributed by atoms with van der Waals surface area (Å²) in [6.07, 6.45) is 1.29.